The van der Waals surface area contributed by atoms with Crippen molar-refractivity contribution in [1.82, 2.24) is 0 Å². The SMILES string of the molecule is CCN(CC)c1ccc(CNc2cc(C(=O)Nc3ccccc3)ccc2OC)cc1. The minimum absolute atomic E-state index is 0.157. The topological polar surface area (TPSA) is 53.6 Å². The Labute approximate surface area is 178 Å². The van der Waals surface area contributed by atoms with Gasteiger partial charge in [-0.3, -0.25) is 4.79 Å². The molecule has 0 aliphatic carbocycles. The zero-order valence-electron chi connectivity index (χ0n) is 17.8. The van der Waals surface area contributed by atoms with E-state index in [9.17, 15) is 4.79 Å². The van der Waals surface area contributed by atoms with Gasteiger partial charge in [-0.2, -0.15) is 0 Å². The predicted molar refractivity (Wildman–Crippen MR) is 125 cm³/mol. The second kappa shape index (κ2) is 10.3. The van der Waals surface area contributed by atoms with Crippen molar-refractivity contribution in [2.45, 2.75) is 20.4 Å². The maximum absolute atomic E-state index is 12.6. The van der Waals surface area contributed by atoms with Crippen molar-refractivity contribution in [3.63, 3.8) is 0 Å². The number of carbonyl (C=O) groups is 1. The fraction of sp³-hybridized carbons (Fsp3) is 0.240. The molecule has 0 atom stereocenters. The molecule has 0 unspecified atom stereocenters. The number of benzene rings is 3. The van der Waals surface area contributed by atoms with Gasteiger partial charge >= 0.3 is 0 Å². The Kier molecular flexibility index (Phi) is 7.33. The van der Waals surface area contributed by atoms with Crippen molar-refractivity contribution in [1.29, 1.82) is 0 Å². The Morgan fingerprint density at radius 2 is 1.63 bits per heavy atom. The monoisotopic (exact) mass is 403 g/mol. The summed E-state index contributed by atoms with van der Waals surface area (Å²) in [5.74, 6) is 0.543. The number of hydrogen-bond acceptors (Lipinski definition) is 4. The van der Waals surface area contributed by atoms with Gasteiger partial charge in [0.2, 0.25) is 0 Å². The van der Waals surface area contributed by atoms with E-state index in [1.807, 2.05) is 42.5 Å². The van der Waals surface area contributed by atoms with E-state index in [2.05, 4.69) is 53.6 Å². The molecule has 0 aliphatic heterocycles. The highest BCUT2D eigenvalue weighted by Crippen LogP contribution is 2.27. The second-order valence-electron chi connectivity index (χ2n) is 6.93. The number of carbonyl (C=O) groups excluding carboxylic acids is 1. The predicted octanol–water partition coefficient (Wildman–Crippen LogP) is 5.41. The summed E-state index contributed by atoms with van der Waals surface area (Å²) in [5.41, 5.74) is 4.50. The van der Waals surface area contributed by atoms with Gasteiger partial charge in [0.05, 0.1) is 12.8 Å². The molecule has 1 amide bonds. The van der Waals surface area contributed by atoms with Crippen LogP contribution in [0.4, 0.5) is 17.1 Å². The van der Waals surface area contributed by atoms with Crippen molar-refractivity contribution in [2.24, 2.45) is 0 Å². The molecule has 0 heterocycles. The molecule has 0 spiro atoms. The average Bonchev–Trinajstić information content (AvgIpc) is 2.79. The third kappa shape index (κ3) is 5.32. The fourth-order valence-electron chi connectivity index (χ4n) is 3.32. The molecule has 5 nitrogen and oxygen atoms in total. The molecule has 156 valence electrons. The highest BCUT2D eigenvalue weighted by molar-refractivity contribution is 6.05. The molecule has 0 aromatic heterocycles. The molecule has 0 saturated carbocycles. The number of hydrogen-bond donors (Lipinski definition) is 2. The van der Waals surface area contributed by atoms with Crippen molar-refractivity contribution >= 4 is 23.0 Å². The molecule has 5 heteroatoms. The lowest BCUT2D eigenvalue weighted by molar-refractivity contribution is 0.102. The largest absolute Gasteiger partial charge is 0.495 e. The van der Waals surface area contributed by atoms with Gasteiger partial charge < -0.3 is 20.3 Å². The Bertz CT molecular complexity index is 952. The first kappa shape index (κ1) is 21.2. The van der Waals surface area contributed by atoms with Crippen LogP contribution in [0.25, 0.3) is 0 Å². The molecular weight excluding hydrogens is 374 g/mol. The first-order valence-electron chi connectivity index (χ1n) is 10.3. The molecular formula is C25H29N3O2. The van der Waals surface area contributed by atoms with E-state index in [1.54, 1.807) is 13.2 Å². The quantitative estimate of drug-likeness (QED) is 0.502. The van der Waals surface area contributed by atoms with Gasteiger partial charge in [-0.25, -0.2) is 0 Å². The molecule has 30 heavy (non-hydrogen) atoms. The third-order valence-electron chi connectivity index (χ3n) is 5.04. The van der Waals surface area contributed by atoms with Crippen molar-refractivity contribution < 1.29 is 9.53 Å². The minimum Gasteiger partial charge on any atom is -0.495 e. The van der Waals surface area contributed by atoms with Gasteiger partial charge in [-0.1, -0.05) is 30.3 Å². The summed E-state index contributed by atoms with van der Waals surface area (Å²) in [6.45, 7) is 6.93. The molecule has 0 saturated heterocycles. The van der Waals surface area contributed by atoms with Crippen LogP contribution in [0, 0.1) is 0 Å². The van der Waals surface area contributed by atoms with E-state index in [1.165, 1.54) is 5.69 Å². The Hall–Kier alpha value is -3.47. The van der Waals surface area contributed by atoms with Gasteiger partial charge in [0.25, 0.3) is 5.91 Å². The van der Waals surface area contributed by atoms with Crippen LogP contribution < -0.4 is 20.3 Å². The molecule has 3 aromatic carbocycles. The van der Waals surface area contributed by atoms with E-state index in [0.717, 1.165) is 30.0 Å². The maximum atomic E-state index is 12.6. The normalized spacial score (nSPS) is 10.4. The lowest BCUT2D eigenvalue weighted by atomic mass is 10.1. The highest BCUT2D eigenvalue weighted by atomic mass is 16.5. The summed E-state index contributed by atoms with van der Waals surface area (Å²) in [5, 5.41) is 6.31. The molecule has 2 N–H and O–H groups in total. The zero-order valence-corrected chi connectivity index (χ0v) is 17.8. The van der Waals surface area contributed by atoms with Crippen LogP contribution in [-0.2, 0) is 6.54 Å². The van der Waals surface area contributed by atoms with E-state index in [-0.39, 0.29) is 5.91 Å². The summed E-state index contributed by atoms with van der Waals surface area (Å²) in [6, 6.07) is 23.4. The van der Waals surface area contributed by atoms with Crippen molar-refractivity contribution in [3.8, 4) is 5.75 Å². The van der Waals surface area contributed by atoms with Crippen LogP contribution in [0.1, 0.15) is 29.8 Å². The van der Waals surface area contributed by atoms with Crippen LogP contribution in [0.2, 0.25) is 0 Å². The Morgan fingerprint density at radius 3 is 2.27 bits per heavy atom. The lowest BCUT2D eigenvalue weighted by Crippen LogP contribution is -2.21. The number of methoxy groups -OCH3 is 1. The van der Waals surface area contributed by atoms with E-state index < -0.39 is 0 Å². The summed E-state index contributed by atoms with van der Waals surface area (Å²) < 4.78 is 5.47. The van der Waals surface area contributed by atoms with Gasteiger partial charge in [0, 0.05) is 36.6 Å². The van der Waals surface area contributed by atoms with Crippen LogP contribution in [0.5, 0.6) is 5.75 Å². The number of amides is 1. The first-order chi connectivity index (χ1) is 14.6. The number of nitrogens with one attached hydrogen (secondary N) is 2. The van der Waals surface area contributed by atoms with Gasteiger partial charge in [-0.05, 0) is 61.9 Å². The smallest absolute Gasteiger partial charge is 0.255 e. The Balaban J connectivity index is 1.70. The van der Waals surface area contributed by atoms with Crippen LogP contribution >= 0.6 is 0 Å². The molecule has 0 fully saturated rings. The average molecular weight is 404 g/mol. The summed E-state index contributed by atoms with van der Waals surface area (Å²) in [6.07, 6.45) is 0. The van der Waals surface area contributed by atoms with Crippen LogP contribution in [-0.4, -0.2) is 26.1 Å². The molecule has 0 bridgehead atoms. The molecule has 0 aliphatic rings. The summed E-state index contributed by atoms with van der Waals surface area (Å²) >= 11 is 0. The summed E-state index contributed by atoms with van der Waals surface area (Å²) in [4.78, 5) is 14.9. The first-order valence-corrected chi connectivity index (χ1v) is 10.3. The zero-order chi connectivity index (χ0) is 21.3. The van der Waals surface area contributed by atoms with Crippen LogP contribution in [0.3, 0.4) is 0 Å². The van der Waals surface area contributed by atoms with Gasteiger partial charge in [0.1, 0.15) is 5.75 Å². The highest BCUT2D eigenvalue weighted by Gasteiger charge is 2.11. The summed E-state index contributed by atoms with van der Waals surface area (Å²) in [7, 11) is 1.63. The third-order valence-corrected chi connectivity index (χ3v) is 5.04. The standard InChI is InChI=1S/C25H29N3O2/c1-4-28(5-2)22-14-11-19(12-15-22)18-26-23-17-20(13-16-24(23)30-3)25(29)27-21-9-7-6-8-10-21/h6-17,26H,4-5,18H2,1-3H3,(H,27,29). The molecule has 3 aromatic rings. The van der Waals surface area contributed by atoms with E-state index in [0.29, 0.717) is 17.9 Å². The number of rotatable bonds is 9. The number of ether oxygens (including phenoxy) is 1. The Morgan fingerprint density at radius 1 is 0.933 bits per heavy atom. The molecule has 0 radical (unpaired) electrons. The van der Waals surface area contributed by atoms with Crippen LogP contribution in [0.15, 0.2) is 72.8 Å². The second-order valence-corrected chi connectivity index (χ2v) is 6.93. The number of nitrogens with zero attached hydrogens (tertiary/aromatic N) is 1. The maximum Gasteiger partial charge on any atom is 0.255 e. The van der Waals surface area contributed by atoms with E-state index >= 15 is 0 Å². The van der Waals surface area contributed by atoms with E-state index in [4.69, 9.17) is 4.74 Å². The van der Waals surface area contributed by atoms with Gasteiger partial charge in [0.15, 0.2) is 0 Å². The fourth-order valence-corrected chi connectivity index (χ4v) is 3.32. The minimum atomic E-state index is -0.157. The number of para-hydroxylation sites is 1. The lowest BCUT2D eigenvalue weighted by Gasteiger charge is -2.21. The number of anilines is 3. The van der Waals surface area contributed by atoms with Crippen molar-refractivity contribution in [3.05, 3.63) is 83.9 Å². The molecule has 3 rings (SSSR count). The van der Waals surface area contributed by atoms with Gasteiger partial charge in [-0.15, -0.1) is 0 Å². The van der Waals surface area contributed by atoms with Crippen molar-refractivity contribution in [2.75, 3.05) is 35.7 Å².